The zero-order chi connectivity index (χ0) is 16.7. The number of ether oxygens (including phenoxy) is 1. The quantitative estimate of drug-likeness (QED) is 0.479. The van der Waals surface area contributed by atoms with Crippen LogP contribution in [0.15, 0.2) is 47.7 Å². The van der Waals surface area contributed by atoms with E-state index in [9.17, 15) is 10.1 Å². The Hall–Kier alpha value is -2.96. The largest absolute Gasteiger partial charge is 0.490 e. The van der Waals surface area contributed by atoms with Gasteiger partial charge < -0.3 is 4.74 Å². The van der Waals surface area contributed by atoms with Crippen molar-refractivity contribution in [1.29, 1.82) is 0 Å². The number of aromatic nitrogens is 1. The Bertz CT molecular complexity index is 686. The smallest absolute Gasteiger partial charge is 0.287 e. The first-order valence-corrected chi connectivity index (χ1v) is 7.25. The number of para-hydroxylation sites is 1. The Morgan fingerprint density at radius 2 is 2.17 bits per heavy atom. The van der Waals surface area contributed by atoms with Crippen LogP contribution in [0.5, 0.6) is 5.75 Å². The minimum absolute atomic E-state index is 0.0631. The average molecular weight is 314 g/mol. The van der Waals surface area contributed by atoms with Crippen LogP contribution in [0.4, 0.5) is 11.5 Å². The van der Waals surface area contributed by atoms with E-state index in [-0.39, 0.29) is 11.8 Å². The summed E-state index contributed by atoms with van der Waals surface area (Å²) >= 11 is 0. The van der Waals surface area contributed by atoms with Crippen LogP contribution in [0.3, 0.4) is 0 Å². The Morgan fingerprint density at radius 3 is 2.83 bits per heavy atom. The summed E-state index contributed by atoms with van der Waals surface area (Å²) in [5.41, 5.74) is 3.51. The average Bonchev–Trinajstić information content (AvgIpc) is 2.56. The van der Waals surface area contributed by atoms with Gasteiger partial charge in [-0.25, -0.2) is 4.98 Å². The van der Waals surface area contributed by atoms with Gasteiger partial charge in [-0.15, -0.1) is 0 Å². The lowest BCUT2D eigenvalue weighted by Crippen LogP contribution is -2.11. The number of hydrogen-bond donors (Lipinski definition) is 1. The van der Waals surface area contributed by atoms with Crippen molar-refractivity contribution in [3.63, 3.8) is 0 Å². The number of pyridine rings is 1. The Balaban J connectivity index is 2.04. The van der Waals surface area contributed by atoms with Crippen LogP contribution in [-0.4, -0.2) is 22.2 Å². The van der Waals surface area contributed by atoms with E-state index in [0.29, 0.717) is 5.82 Å². The molecule has 7 nitrogen and oxygen atoms in total. The summed E-state index contributed by atoms with van der Waals surface area (Å²) in [7, 11) is 0. The predicted molar refractivity (Wildman–Crippen MR) is 88.9 cm³/mol. The van der Waals surface area contributed by atoms with E-state index in [1.54, 1.807) is 6.21 Å². The summed E-state index contributed by atoms with van der Waals surface area (Å²) in [5, 5.41) is 14.7. The molecule has 7 heteroatoms. The van der Waals surface area contributed by atoms with Crippen LogP contribution in [0, 0.1) is 10.1 Å². The van der Waals surface area contributed by atoms with Crippen LogP contribution in [0.1, 0.15) is 25.8 Å². The maximum Gasteiger partial charge on any atom is 0.287 e. The molecule has 23 heavy (non-hydrogen) atoms. The van der Waals surface area contributed by atoms with Crippen LogP contribution >= 0.6 is 0 Å². The monoisotopic (exact) mass is 314 g/mol. The highest BCUT2D eigenvalue weighted by Crippen LogP contribution is 2.18. The van der Waals surface area contributed by atoms with Gasteiger partial charge in [0.15, 0.2) is 0 Å². The second-order valence-corrected chi connectivity index (χ2v) is 4.90. The number of rotatable bonds is 7. The molecular formula is C16H18N4O3. The number of nitrogens with one attached hydrogen (secondary N) is 1. The molecule has 1 atom stereocenters. The molecule has 2 aromatic rings. The minimum atomic E-state index is -0.497. The molecule has 0 aliphatic rings. The van der Waals surface area contributed by atoms with Gasteiger partial charge in [0.2, 0.25) is 0 Å². The number of hydrazone groups is 1. The summed E-state index contributed by atoms with van der Waals surface area (Å²) in [6.45, 7) is 4.07. The number of benzene rings is 1. The van der Waals surface area contributed by atoms with Crippen molar-refractivity contribution in [1.82, 2.24) is 4.98 Å². The topological polar surface area (TPSA) is 89.6 Å². The summed E-state index contributed by atoms with van der Waals surface area (Å²) in [6, 6.07) is 10.4. The van der Waals surface area contributed by atoms with Crippen LogP contribution in [-0.2, 0) is 0 Å². The molecule has 1 aromatic carbocycles. The van der Waals surface area contributed by atoms with E-state index in [1.165, 1.54) is 18.3 Å². The van der Waals surface area contributed by atoms with Crippen molar-refractivity contribution in [2.75, 3.05) is 5.43 Å². The van der Waals surface area contributed by atoms with Gasteiger partial charge in [-0.2, -0.15) is 5.10 Å². The lowest BCUT2D eigenvalue weighted by Gasteiger charge is -2.14. The van der Waals surface area contributed by atoms with Gasteiger partial charge in [-0.3, -0.25) is 15.5 Å². The third-order valence-electron chi connectivity index (χ3n) is 3.16. The van der Waals surface area contributed by atoms with Crippen molar-refractivity contribution in [2.45, 2.75) is 26.4 Å². The molecule has 0 unspecified atom stereocenters. The number of nitro groups is 1. The van der Waals surface area contributed by atoms with Crippen molar-refractivity contribution in [2.24, 2.45) is 5.10 Å². The molecule has 0 spiro atoms. The standard InChI is InChI=1S/C16H18N4O3/c1-3-12(2)23-15-7-5-4-6-13(15)10-18-19-16-9-8-14(11-17-16)20(21)22/h4-12H,3H2,1-2H3,(H,17,19)/b18-10+/t12-/m1/s1. The third kappa shape index (κ3) is 4.77. The summed E-state index contributed by atoms with van der Waals surface area (Å²) < 4.78 is 5.83. The van der Waals surface area contributed by atoms with Gasteiger partial charge in [0.25, 0.3) is 5.69 Å². The van der Waals surface area contributed by atoms with Gasteiger partial charge in [0.1, 0.15) is 17.8 Å². The van der Waals surface area contributed by atoms with Gasteiger partial charge >= 0.3 is 0 Å². The van der Waals surface area contributed by atoms with E-state index in [4.69, 9.17) is 4.74 Å². The van der Waals surface area contributed by atoms with Crippen LogP contribution in [0.25, 0.3) is 0 Å². The van der Waals surface area contributed by atoms with Crippen molar-refractivity contribution >= 4 is 17.7 Å². The SMILES string of the molecule is CC[C@@H](C)Oc1ccccc1/C=N/Nc1ccc([N+](=O)[O-])cn1. The highest BCUT2D eigenvalue weighted by atomic mass is 16.6. The molecule has 0 saturated heterocycles. The maximum absolute atomic E-state index is 10.6. The van der Waals surface area contributed by atoms with Gasteiger partial charge in [-0.1, -0.05) is 19.1 Å². The molecule has 0 bridgehead atoms. The fraction of sp³-hybridized carbons (Fsp3) is 0.250. The number of anilines is 1. The zero-order valence-corrected chi connectivity index (χ0v) is 13.0. The fourth-order valence-corrected chi connectivity index (χ4v) is 1.72. The van der Waals surface area contributed by atoms with Gasteiger partial charge in [-0.05, 0) is 31.5 Å². The normalized spacial score (nSPS) is 12.1. The second-order valence-electron chi connectivity index (χ2n) is 4.90. The first kappa shape index (κ1) is 16.4. The second kappa shape index (κ2) is 7.88. The minimum Gasteiger partial charge on any atom is -0.490 e. The maximum atomic E-state index is 10.6. The van der Waals surface area contributed by atoms with E-state index >= 15 is 0 Å². The molecule has 120 valence electrons. The highest BCUT2D eigenvalue weighted by Gasteiger charge is 2.06. The number of nitrogens with zero attached hydrogens (tertiary/aromatic N) is 3. The van der Waals surface area contributed by atoms with E-state index in [1.807, 2.05) is 31.2 Å². The molecule has 1 aromatic heterocycles. The van der Waals surface area contributed by atoms with Crippen LogP contribution < -0.4 is 10.2 Å². The lowest BCUT2D eigenvalue weighted by atomic mass is 10.2. The molecule has 0 fully saturated rings. The summed E-state index contributed by atoms with van der Waals surface area (Å²) in [6.07, 6.45) is 3.84. The summed E-state index contributed by atoms with van der Waals surface area (Å²) in [4.78, 5) is 14.0. The third-order valence-corrected chi connectivity index (χ3v) is 3.16. The van der Waals surface area contributed by atoms with Crippen LogP contribution in [0.2, 0.25) is 0 Å². The molecule has 1 heterocycles. The van der Waals surface area contributed by atoms with E-state index in [0.717, 1.165) is 17.7 Å². The molecule has 0 aliphatic heterocycles. The molecule has 2 rings (SSSR count). The Morgan fingerprint density at radius 1 is 1.39 bits per heavy atom. The lowest BCUT2D eigenvalue weighted by molar-refractivity contribution is -0.385. The first-order valence-electron chi connectivity index (χ1n) is 7.25. The fourth-order valence-electron chi connectivity index (χ4n) is 1.72. The number of hydrogen-bond acceptors (Lipinski definition) is 6. The molecular weight excluding hydrogens is 296 g/mol. The van der Waals surface area contributed by atoms with Gasteiger partial charge in [0, 0.05) is 11.6 Å². The molecule has 0 saturated carbocycles. The molecule has 0 amide bonds. The first-order chi connectivity index (χ1) is 11.1. The van der Waals surface area contributed by atoms with Gasteiger partial charge in [0.05, 0.1) is 17.2 Å². The predicted octanol–water partition coefficient (Wildman–Crippen LogP) is 3.61. The molecule has 0 aliphatic carbocycles. The van der Waals surface area contributed by atoms with Crippen molar-refractivity contribution < 1.29 is 9.66 Å². The van der Waals surface area contributed by atoms with E-state index in [2.05, 4.69) is 22.4 Å². The molecule has 0 radical (unpaired) electrons. The van der Waals surface area contributed by atoms with Crippen molar-refractivity contribution in [3.05, 3.63) is 58.3 Å². The Kier molecular flexibility index (Phi) is 5.62. The Labute approximate surface area is 134 Å². The summed E-state index contributed by atoms with van der Waals surface area (Å²) in [5.74, 6) is 1.18. The van der Waals surface area contributed by atoms with E-state index < -0.39 is 4.92 Å². The molecule has 1 N–H and O–H groups in total. The highest BCUT2D eigenvalue weighted by molar-refractivity contribution is 5.83. The van der Waals surface area contributed by atoms with Crippen molar-refractivity contribution in [3.8, 4) is 5.75 Å². The zero-order valence-electron chi connectivity index (χ0n) is 13.0.